The van der Waals surface area contributed by atoms with Crippen LogP contribution in [0.5, 0.6) is 0 Å². The van der Waals surface area contributed by atoms with Gasteiger partial charge in [-0.1, -0.05) is 0 Å². The fraction of sp³-hybridized carbons (Fsp3) is 0.300. The van der Waals surface area contributed by atoms with Gasteiger partial charge >= 0.3 is 0 Å². The molecule has 1 unspecified atom stereocenters. The molecule has 1 aliphatic rings. The van der Waals surface area contributed by atoms with E-state index in [1.54, 1.807) is 0 Å². The van der Waals surface area contributed by atoms with Gasteiger partial charge in [-0.2, -0.15) is 0 Å². The third kappa shape index (κ3) is 2.32. The Labute approximate surface area is 115 Å². The van der Waals surface area contributed by atoms with Crippen molar-refractivity contribution in [2.75, 3.05) is 11.4 Å². The molecule has 1 amide bonds. The quantitative estimate of drug-likeness (QED) is 0.473. The predicted molar refractivity (Wildman–Crippen MR) is 67.4 cm³/mol. The second-order valence-corrected chi connectivity index (χ2v) is 5.29. The highest BCUT2D eigenvalue weighted by molar-refractivity contribution is 9.10. The van der Waals surface area contributed by atoms with E-state index in [4.69, 9.17) is 11.6 Å². The number of benzene rings is 1. The van der Waals surface area contributed by atoms with Crippen molar-refractivity contribution in [1.29, 1.82) is 0 Å². The molecule has 0 radical (unpaired) electrons. The molecule has 8 heteroatoms. The summed E-state index contributed by atoms with van der Waals surface area (Å²) in [6, 6.07) is 2.01. The Morgan fingerprint density at radius 3 is 2.72 bits per heavy atom. The van der Waals surface area contributed by atoms with E-state index < -0.39 is 16.1 Å². The number of hydrogen-bond donors (Lipinski definition) is 0. The van der Waals surface area contributed by atoms with Crippen LogP contribution in [0.25, 0.3) is 0 Å². The van der Waals surface area contributed by atoms with Crippen molar-refractivity contribution in [3.05, 3.63) is 32.5 Å². The molecule has 0 N–H and O–H groups in total. The third-order valence-corrected chi connectivity index (χ3v) is 3.48. The van der Waals surface area contributed by atoms with E-state index in [0.717, 1.165) is 17.0 Å². The summed E-state index contributed by atoms with van der Waals surface area (Å²) in [7, 11) is 0. The van der Waals surface area contributed by atoms with Crippen LogP contribution < -0.4 is 4.90 Å². The van der Waals surface area contributed by atoms with Crippen LogP contribution in [0.15, 0.2) is 16.6 Å². The maximum Gasteiger partial charge on any atom is 0.294 e. The van der Waals surface area contributed by atoms with Crippen molar-refractivity contribution in [3.8, 4) is 0 Å². The smallest absolute Gasteiger partial charge is 0.294 e. The van der Waals surface area contributed by atoms with Gasteiger partial charge in [-0.3, -0.25) is 14.9 Å². The van der Waals surface area contributed by atoms with Crippen molar-refractivity contribution in [2.45, 2.75) is 11.8 Å². The summed E-state index contributed by atoms with van der Waals surface area (Å²) in [6.07, 6.45) is 0.0936. The number of carbonyl (C=O) groups excluding carboxylic acids is 1. The van der Waals surface area contributed by atoms with Crippen molar-refractivity contribution < 1.29 is 14.1 Å². The topological polar surface area (TPSA) is 63.5 Å². The lowest BCUT2D eigenvalue weighted by molar-refractivity contribution is -0.384. The lowest BCUT2D eigenvalue weighted by atomic mass is 10.2. The first-order valence-corrected chi connectivity index (χ1v) is 6.21. The largest absolute Gasteiger partial charge is 0.305 e. The highest BCUT2D eigenvalue weighted by Gasteiger charge is 2.34. The summed E-state index contributed by atoms with van der Waals surface area (Å²) >= 11 is 8.69. The van der Waals surface area contributed by atoms with Gasteiger partial charge in [0.05, 0.1) is 14.8 Å². The number of amides is 1. The zero-order valence-corrected chi connectivity index (χ0v) is 11.2. The standard InChI is InChI=1S/C10H7BrClFN2O3/c11-6-2-9(15(17)18)8(3-7(6)13)14-4-5(12)1-10(14)16/h2-3,5H,1,4H2. The third-order valence-electron chi connectivity index (χ3n) is 2.58. The molecule has 1 heterocycles. The maximum absolute atomic E-state index is 13.5. The first-order valence-electron chi connectivity index (χ1n) is 4.98. The molecule has 96 valence electrons. The Hall–Kier alpha value is -1.21. The van der Waals surface area contributed by atoms with Crippen LogP contribution in [0.1, 0.15) is 6.42 Å². The van der Waals surface area contributed by atoms with Crippen molar-refractivity contribution in [3.63, 3.8) is 0 Å². The van der Waals surface area contributed by atoms with Gasteiger partial charge in [0, 0.05) is 25.1 Å². The summed E-state index contributed by atoms with van der Waals surface area (Å²) in [5.74, 6) is -1.01. The monoisotopic (exact) mass is 336 g/mol. The predicted octanol–water partition coefficient (Wildman–Crippen LogP) is 2.84. The summed E-state index contributed by atoms with van der Waals surface area (Å²) in [6.45, 7) is 0.141. The summed E-state index contributed by atoms with van der Waals surface area (Å²) in [5.41, 5.74) is -0.392. The van der Waals surface area contributed by atoms with Gasteiger partial charge in [0.1, 0.15) is 11.5 Å². The number of halogens is 3. The minimum atomic E-state index is -0.665. The second-order valence-electron chi connectivity index (χ2n) is 3.82. The van der Waals surface area contributed by atoms with E-state index in [1.165, 1.54) is 0 Å². The Balaban J connectivity index is 2.52. The van der Waals surface area contributed by atoms with Gasteiger partial charge in [-0.15, -0.1) is 11.6 Å². The first-order chi connectivity index (χ1) is 8.40. The van der Waals surface area contributed by atoms with Crippen LogP contribution in [-0.4, -0.2) is 22.8 Å². The minimum absolute atomic E-state index is 0.0213. The number of nitrogens with zero attached hydrogens (tertiary/aromatic N) is 2. The van der Waals surface area contributed by atoms with Crippen molar-refractivity contribution in [2.24, 2.45) is 0 Å². The molecule has 18 heavy (non-hydrogen) atoms. The zero-order valence-electron chi connectivity index (χ0n) is 8.90. The molecule has 0 saturated carbocycles. The molecule has 1 atom stereocenters. The van der Waals surface area contributed by atoms with Crippen LogP contribution in [-0.2, 0) is 4.79 Å². The van der Waals surface area contributed by atoms with Crippen LogP contribution in [0.3, 0.4) is 0 Å². The van der Waals surface area contributed by atoms with Gasteiger partial charge < -0.3 is 4.90 Å². The average Bonchev–Trinajstić information content (AvgIpc) is 2.61. The molecule has 1 aromatic carbocycles. The van der Waals surface area contributed by atoms with Crippen LogP contribution in [0.4, 0.5) is 15.8 Å². The van der Waals surface area contributed by atoms with Crippen LogP contribution in [0, 0.1) is 15.9 Å². The lowest BCUT2D eigenvalue weighted by Crippen LogP contribution is -2.25. The fourth-order valence-corrected chi connectivity index (χ4v) is 2.39. The normalized spacial score (nSPS) is 19.4. The molecule has 1 aliphatic heterocycles. The molecular formula is C10H7BrClFN2O3. The Bertz CT molecular complexity index is 540. The molecule has 1 aromatic rings. The number of rotatable bonds is 2. The molecule has 1 fully saturated rings. The fourth-order valence-electron chi connectivity index (χ4n) is 1.79. The van der Waals surface area contributed by atoms with Crippen molar-refractivity contribution in [1.82, 2.24) is 0 Å². The van der Waals surface area contributed by atoms with Crippen LogP contribution in [0.2, 0.25) is 0 Å². The molecule has 5 nitrogen and oxygen atoms in total. The summed E-state index contributed by atoms with van der Waals surface area (Å²) in [5, 5.41) is 10.5. The van der Waals surface area contributed by atoms with Gasteiger partial charge in [-0.25, -0.2) is 4.39 Å². The van der Waals surface area contributed by atoms with E-state index in [0.29, 0.717) is 0 Å². The molecule has 0 aliphatic carbocycles. The molecule has 0 bridgehead atoms. The first kappa shape index (κ1) is 13.2. The van der Waals surface area contributed by atoms with Gasteiger partial charge in [0.15, 0.2) is 0 Å². The number of carbonyl (C=O) groups is 1. The van der Waals surface area contributed by atoms with Crippen molar-refractivity contribution >= 4 is 44.8 Å². The van der Waals surface area contributed by atoms with Gasteiger partial charge in [0.2, 0.25) is 5.91 Å². The van der Waals surface area contributed by atoms with E-state index in [1.807, 2.05) is 0 Å². The van der Waals surface area contributed by atoms with E-state index >= 15 is 0 Å². The SMILES string of the molecule is O=C1CC(Cl)CN1c1cc(F)c(Br)cc1[N+](=O)[O-]. The molecule has 0 aromatic heterocycles. The van der Waals surface area contributed by atoms with E-state index in [9.17, 15) is 19.3 Å². The highest BCUT2D eigenvalue weighted by Crippen LogP contribution is 2.36. The number of alkyl halides is 1. The zero-order chi connectivity index (χ0) is 13.4. The summed E-state index contributed by atoms with van der Waals surface area (Å²) < 4.78 is 13.4. The average molecular weight is 338 g/mol. The number of anilines is 1. The number of nitro groups is 1. The van der Waals surface area contributed by atoms with Gasteiger partial charge in [-0.05, 0) is 15.9 Å². The maximum atomic E-state index is 13.5. The molecular weight excluding hydrogens is 330 g/mol. The highest BCUT2D eigenvalue weighted by atomic mass is 79.9. The Morgan fingerprint density at radius 1 is 1.56 bits per heavy atom. The number of hydrogen-bond acceptors (Lipinski definition) is 3. The Morgan fingerprint density at radius 2 is 2.22 bits per heavy atom. The summed E-state index contributed by atoms with van der Waals surface area (Å²) in [4.78, 5) is 23.0. The minimum Gasteiger partial charge on any atom is -0.305 e. The van der Waals surface area contributed by atoms with Crippen LogP contribution >= 0.6 is 27.5 Å². The Kier molecular flexibility index (Phi) is 3.54. The van der Waals surface area contributed by atoms with Gasteiger partial charge in [0.25, 0.3) is 5.69 Å². The molecule has 0 spiro atoms. The van der Waals surface area contributed by atoms with E-state index in [-0.39, 0.29) is 34.7 Å². The molecule has 2 rings (SSSR count). The molecule has 1 saturated heterocycles. The lowest BCUT2D eigenvalue weighted by Gasteiger charge is -2.16. The van der Waals surface area contributed by atoms with E-state index in [2.05, 4.69) is 15.9 Å². The second kappa shape index (κ2) is 4.81. The number of nitro benzene ring substituents is 1.